The van der Waals surface area contributed by atoms with Crippen molar-refractivity contribution in [1.82, 2.24) is 5.32 Å². The summed E-state index contributed by atoms with van der Waals surface area (Å²) in [7, 11) is 0. The van der Waals surface area contributed by atoms with Crippen LogP contribution in [0.5, 0.6) is 0 Å². The predicted octanol–water partition coefficient (Wildman–Crippen LogP) is 2.11. The SMILES string of the molecule is CCC[C@H](CC(=O)Cc1ccc(Br)cc1F)C(=O)NCC(N)=O. The monoisotopic (exact) mass is 386 g/mol. The Balaban J connectivity index is 2.66. The number of carbonyl (C=O) groups excluding carboxylic acids is 3. The van der Waals surface area contributed by atoms with Gasteiger partial charge in [0.15, 0.2) is 0 Å². The van der Waals surface area contributed by atoms with Crippen molar-refractivity contribution in [3.8, 4) is 0 Å². The van der Waals surface area contributed by atoms with Crippen LogP contribution >= 0.6 is 15.9 Å². The van der Waals surface area contributed by atoms with Gasteiger partial charge in [-0.1, -0.05) is 35.3 Å². The molecule has 7 heteroatoms. The average Bonchev–Trinajstić information content (AvgIpc) is 2.47. The molecule has 1 aromatic carbocycles. The number of carbonyl (C=O) groups is 3. The van der Waals surface area contributed by atoms with Gasteiger partial charge in [0.1, 0.15) is 11.6 Å². The number of nitrogens with two attached hydrogens (primary N) is 1. The maximum Gasteiger partial charge on any atom is 0.236 e. The van der Waals surface area contributed by atoms with Crippen molar-refractivity contribution in [1.29, 1.82) is 0 Å². The summed E-state index contributed by atoms with van der Waals surface area (Å²) in [6.45, 7) is 1.64. The molecule has 0 spiro atoms. The highest BCUT2D eigenvalue weighted by atomic mass is 79.9. The third kappa shape index (κ3) is 6.90. The fourth-order valence-corrected chi connectivity index (χ4v) is 2.55. The number of halogens is 2. The molecule has 2 amide bonds. The molecule has 126 valence electrons. The lowest BCUT2D eigenvalue weighted by Crippen LogP contribution is -2.38. The molecule has 0 bridgehead atoms. The molecule has 1 rings (SSSR count). The molecule has 0 unspecified atom stereocenters. The van der Waals surface area contributed by atoms with Gasteiger partial charge in [0.2, 0.25) is 11.8 Å². The van der Waals surface area contributed by atoms with Crippen molar-refractivity contribution in [3.05, 3.63) is 34.1 Å². The highest BCUT2D eigenvalue weighted by Crippen LogP contribution is 2.18. The maximum absolute atomic E-state index is 13.8. The van der Waals surface area contributed by atoms with Crippen LogP contribution in [0.4, 0.5) is 4.39 Å². The fourth-order valence-electron chi connectivity index (χ4n) is 2.22. The molecular formula is C16H20BrFN2O3. The van der Waals surface area contributed by atoms with Crippen molar-refractivity contribution in [2.24, 2.45) is 11.7 Å². The van der Waals surface area contributed by atoms with Crippen LogP contribution in [0.25, 0.3) is 0 Å². The minimum absolute atomic E-state index is 0.00788. The third-order valence-electron chi connectivity index (χ3n) is 3.32. The van der Waals surface area contributed by atoms with Crippen molar-refractivity contribution in [2.75, 3.05) is 6.54 Å². The molecule has 5 nitrogen and oxygen atoms in total. The molecule has 0 saturated carbocycles. The molecule has 23 heavy (non-hydrogen) atoms. The lowest BCUT2D eigenvalue weighted by molar-refractivity contribution is -0.130. The van der Waals surface area contributed by atoms with Gasteiger partial charge in [0.25, 0.3) is 0 Å². The number of ketones is 1. The largest absolute Gasteiger partial charge is 0.368 e. The molecule has 0 aliphatic carbocycles. The van der Waals surface area contributed by atoms with E-state index in [9.17, 15) is 18.8 Å². The second-order valence-electron chi connectivity index (χ2n) is 5.33. The van der Waals surface area contributed by atoms with Gasteiger partial charge in [-0.25, -0.2) is 4.39 Å². The highest BCUT2D eigenvalue weighted by Gasteiger charge is 2.22. The Bertz CT molecular complexity index is 593. The summed E-state index contributed by atoms with van der Waals surface area (Å²) < 4.78 is 14.3. The number of hydrogen-bond donors (Lipinski definition) is 2. The van der Waals surface area contributed by atoms with E-state index in [0.29, 0.717) is 22.9 Å². The van der Waals surface area contributed by atoms with Gasteiger partial charge >= 0.3 is 0 Å². The minimum atomic E-state index is -0.642. The van der Waals surface area contributed by atoms with Crippen molar-refractivity contribution in [3.63, 3.8) is 0 Å². The molecule has 3 N–H and O–H groups in total. The van der Waals surface area contributed by atoms with Gasteiger partial charge in [-0.3, -0.25) is 14.4 Å². The maximum atomic E-state index is 13.8. The van der Waals surface area contributed by atoms with Gasteiger partial charge in [-0.05, 0) is 24.1 Å². The van der Waals surface area contributed by atoms with Crippen LogP contribution in [0, 0.1) is 11.7 Å². The van der Waals surface area contributed by atoms with Crippen LogP contribution in [-0.2, 0) is 20.8 Å². The highest BCUT2D eigenvalue weighted by molar-refractivity contribution is 9.10. The summed E-state index contributed by atoms with van der Waals surface area (Å²) in [6, 6.07) is 4.50. The Hall–Kier alpha value is -1.76. The second kappa shape index (κ2) is 9.39. The van der Waals surface area contributed by atoms with Crippen LogP contribution < -0.4 is 11.1 Å². The summed E-state index contributed by atoms with van der Waals surface area (Å²) in [6.07, 6.45) is 1.17. The van der Waals surface area contributed by atoms with Crippen LogP contribution in [0.1, 0.15) is 31.7 Å². The quantitative estimate of drug-likeness (QED) is 0.680. The fraction of sp³-hybridized carbons (Fsp3) is 0.438. The first-order valence-corrected chi connectivity index (χ1v) is 8.14. The predicted molar refractivity (Wildman–Crippen MR) is 88.0 cm³/mol. The molecule has 0 heterocycles. The van der Waals surface area contributed by atoms with E-state index in [0.717, 1.165) is 0 Å². The normalized spacial score (nSPS) is 11.8. The summed E-state index contributed by atoms with van der Waals surface area (Å²) in [4.78, 5) is 34.8. The topological polar surface area (TPSA) is 89.3 Å². The zero-order valence-corrected chi connectivity index (χ0v) is 14.5. The third-order valence-corrected chi connectivity index (χ3v) is 3.81. The second-order valence-corrected chi connectivity index (χ2v) is 6.24. The first-order valence-electron chi connectivity index (χ1n) is 7.35. The first kappa shape index (κ1) is 19.3. The lowest BCUT2D eigenvalue weighted by Gasteiger charge is -2.15. The van der Waals surface area contributed by atoms with Gasteiger partial charge < -0.3 is 11.1 Å². The van der Waals surface area contributed by atoms with E-state index < -0.39 is 17.6 Å². The minimum Gasteiger partial charge on any atom is -0.368 e. The van der Waals surface area contributed by atoms with Crippen molar-refractivity contribution < 1.29 is 18.8 Å². The van der Waals surface area contributed by atoms with Gasteiger partial charge in [0, 0.05) is 23.2 Å². The Kier molecular flexibility index (Phi) is 7.88. The molecule has 0 aromatic heterocycles. The van der Waals surface area contributed by atoms with E-state index in [2.05, 4.69) is 21.2 Å². The molecule has 0 radical (unpaired) electrons. The van der Waals surface area contributed by atoms with Gasteiger partial charge in [-0.2, -0.15) is 0 Å². The van der Waals surface area contributed by atoms with E-state index in [4.69, 9.17) is 5.73 Å². The smallest absolute Gasteiger partial charge is 0.236 e. The molecule has 0 aliphatic rings. The van der Waals surface area contributed by atoms with E-state index in [-0.39, 0.29) is 31.1 Å². The number of amides is 2. The van der Waals surface area contributed by atoms with E-state index in [1.807, 2.05) is 6.92 Å². The number of benzene rings is 1. The van der Waals surface area contributed by atoms with Crippen molar-refractivity contribution in [2.45, 2.75) is 32.6 Å². The molecule has 1 aromatic rings. The zero-order chi connectivity index (χ0) is 17.4. The Morgan fingerprint density at radius 3 is 2.61 bits per heavy atom. The van der Waals surface area contributed by atoms with E-state index >= 15 is 0 Å². The standard InChI is InChI=1S/C16H20BrFN2O3/c1-2-3-11(16(23)20-9-15(19)22)7-13(21)6-10-4-5-12(17)8-14(10)18/h4-5,8,11H,2-3,6-7,9H2,1H3,(H2,19,22)(H,20,23)/t11-/m1/s1. The number of hydrogen-bond acceptors (Lipinski definition) is 3. The average molecular weight is 387 g/mol. The summed E-state index contributed by atoms with van der Waals surface area (Å²) >= 11 is 3.16. The number of rotatable bonds is 9. The number of primary amides is 1. The van der Waals surface area contributed by atoms with Crippen molar-refractivity contribution >= 4 is 33.5 Å². The Morgan fingerprint density at radius 1 is 1.35 bits per heavy atom. The summed E-state index contributed by atoms with van der Waals surface area (Å²) in [5, 5.41) is 2.41. The van der Waals surface area contributed by atoms with E-state index in [1.54, 1.807) is 12.1 Å². The molecule has 1 atom stereocenters. The van der Waals surface area contributed by atoms with Crippen LogP contribution in [0.15, 0.2) is 22.7 Å². The molecule has 0 fully saturated rings. The van der Waals surface area contributed by atoms with E-state index in [1.165, 1.54) is 6.07 Å². The van der Waals surface area contributed by atoms with Gasteiger partial charge in [0.05, 0.1) is 6.54 Å². The number of nitrogens with one attached hydrogen (secondary N) is 1. The summed E-state index contributed by atoms with van der Waals surface area (Å²) in [5.41, 5.74) is 5.28. The summed E-state index contributed by atoms with van der Waals surface area (Å²) in [5.74, 6) is -2.24. The Morgan fingerprint density at radius 2 is 2.04 bits per heavy atom. The lowest BCUT2D eigenvalue weighted by atomic mass is 9.93. The molecule has 0 aliphatic heterocycles. The van der Waals surface area contributed by atoms with Crippen LogP contribution in [0.2, 0.25) is 0 Å². The first-order chi connectivity index (χ1) is 10.8. The van der Waals surface area contributed by atoms with Crippen LogP contribution in [0.3, 0.4) is 0 Å². The molecular weight excluding hydrogens is 367 g/mol. The van der Waals surface area contributed by atoms with Crippen LogP contribution in [-0.4, -0.2) is 24.1 Å². The Labute approximate surface area is 142 Å². The number of Topliss-reactive ketones (excluding diaryl/α,β-unsaturated/α-hetero) is 1. The zero-order valence-electron chi connectivity index (χ0n) is 12.9. The van der Waals surface area contributed by atoms with Gasteiger partial charge in [-0.15, -0.1) is 0 Å². The molecule has 0 saturated heterocycles.